The van der Waals surface area contributed by atoms with Crippen molar-refractivity contribution in [3.8, 4) is 0 Å². The Hall–Kier alpha value is -1.62. The summed E-state index contributed by atoms with van der Waals surface area (Å²) in [6.07, 6.45) is 2.51. The summed E-state index contributed by atoms with van der Waals surface area (Å²) in [7, 11) is 0. The molecule has 0 heterocycles. The predicted molar refractivity (Wildman–Crippen MR) is 74.6 cm³/mol. The van der Waals surface area contributed by atoms with Crippen molar-refractivity contribution in [3.63, 3.8) is 0 Å². The molecule has 0 bridgehead atoms. The van der Waals surface area contributed by atoms with Crippen molar-refractivity contribution in [2.45, 2.75) is 25.3 Å². The minimum Gasteiger partial charge on any atom is -0.481 e. The lowest BCUT2D eigenvalue weighted by atomic mass is 10.0. The SMILES string of the molecule is O=C(O)[C@@H]1CCC[C@H]1NC(=S)Nc1ccccc1. The molecule has 1 fully saturated rings. The molecule has 2 atom stereocenters. The molecule has 96 valence electrons. The summed E-state index contributed by atoms with van der Waals surface area (Å²) >= 11 is 5.20. The summed E-state index contributed by atoms with van der Waals surface area (Å²) in [5.41, 5.74) is 0.903. The molecule has 0 amide bonds. The summed E-state index contributed by atoms with van der Waals surface area (Å²) in [5, 5.41) is 15.7. The van der Waals surface area contributed by atoms with E-state index < -0.39 is 5.97 Å². The van der Waals surface area contributed by atoms with E-state index in [1.165, 1.54) is 0 Å². The lowest BCUT2D eigenvalue weighted by Gasteiger charge is -2.20. The Kier molecular flexibility index (Phi) is 4.15. The van der Waals surface area contributed by atoms with Gasteiger partial charge in [0.15, 0.2) is 5.11 Å². The summed E-state index contributed by atoms with van der Waals surface area (Å²) in [5.74, 6) is -1.08. The van der Waals surface area contributed by atoms with Gasteiger partial charge in [-0.1, -0.05) is 24.6 Å². The quantitative estimate of drug-likeness (QED) is 0.731. The number of carboxylic acid groups (broad SMARTS) is 1. The van der Waals surface area contributed by atoms with E-state index in [0.29, 0.717) is 5.11 Å². The van der Waals surface area contributed by atoms with Crippen molar-refractivity contribution in [2.24, 2.45) is 5.92 Å². The molecule has 0 aromatic heterocycles. The highest BCUT2D eigenvalue weighted by Gasteiger charge is 2.33. The van der Waals surface area contributed by atoms with E-state index in [9.17, 15) is 4.79 Å². The van der Waals surface area contributed by atoms with Crippen LogP contribution in [0.2, 0.25) is 0 Å². The number of para-hydroxylation sites is 1. The van der Waals surface area contributed by atoms with E-state index in [2.05, 4.69) is 10.6 Å². The van der Waals surface area contributed by atoms with Crippen molar-refractivity contribution >= 4 is 29.0 Å². The fourth-order valence-electron chi connectivity index (χ4n) is 2.29. The second-order valence-electron chi connectivity index (χ2n) is 4.45. The lowest BCUT2D eigenvalue weighted by Crippen LogP contribution is -2.42. The molecule has 18 heavy (non-hydrogen) atoms. The number of aliphatic carboxylic acids is 1. The number of hydrogen-bond acceptors (Lipinski definition) is 2. The smallest absolute Gasteiger partial charge is 0.308 e. The molecular formula is C13H16N2O2S. The predicted octanol–water partition coefficient (Wildman–Crippen LogP) is 2.23. The number of carbonyl (C=O) groups is 1. The van der Waals surface area contributed by atoms with Gasteiger partial charge in [0.05, 0.1) is 5.92 Å². The van der Waals surface area contributed by atoms with Gasteiger partial charge in [-0.15, -0.1) is 0 Å². The minimum absolute atomic E-state index is 0.0637. The van der Waals surface area contributed by atoms with Crippen molar-refractivity contribution in [1.82, 2.24) is 5.32 Å². The monoisotopic (exact) mass is 264 g/mol. The Morgan fingerprint density at radius 2 is 2.00 bits per heavy atom. The van der Waals surface area contributed by atoms with E-state index in [1.807, 2.05) is 30.3 Å². The molecule has 2 rings (SSSR count). The molecule has 0 spiro atoms. The molecular weight excluding hydrogens is 248 g/mol. The number of rotatable bonds is 3. The fourth-order valence-corrected chi connectivity index (χ4v) is 2.55. The van der Waals surface area contributed by atoms with Gasteiger partial charge in [-0.2, -0.15) is 0 Å². The minimum atomic E-state index is -0.743. The zero-order valence-corrected chi connectivity index (χ0v) is 10.7. The standard InChI is InChI=1S/C13H16N2O2S/c16-12(17)10-7-4-8-11(10)15-13(18)14-9-5-2-1-3-6-9/h1-3,5-6,10-11H,4,7-8H2,(H,16,17)(H2,14,15,18)/t10-,11-/m1/s1. The van der Waals surface area contributed by atoms with Crippen LogP contribution in [-0.2, 0) is 4.79 Å². The van der Waals surface area contributed by atoms with Crippen LogP contribution in [0.3, 0.4) is 0 Å². The van der Waals surface area contributed by atoms with E-state index in [4.69, 9.17) is 17.3 Å². The van der Waals surface area contributed by atoms with Gasteiger partial charge in [0.1, 0.15) is 0 Å². The Bertz CT molecular complexity index is 436. The summed E-state index contributed by atoms with van der Waals surface area (Å²) in [4.78, 5) is 11.0. The highest BCUT2D eigenvalue weighted by molar-refractivity contribution is 7.80. The molecule has 3 N–H and O–H groups in total. The zero-order chi connectivity index (χ0) is 13.0. The molecule has 1 aliphatic rings. The third-order valence-electron chi connectivity index (χ3n) is 3.18. The molecule has 4 nitrogen and oxygen atoms in total. The summed E-state index contributed by atoms with van der Waals surface area (Å²) in [6.45, 7) is 0. The molecule has 1 saturated carbocycles. The van der Waals surface area contributed by atoms with Gasteiger partial charge in [0.25, 0.3) is 0 Å². The summed E-state index contributed by atoms with van der Waals surface area (Å²) in [6, 6.07) is 9.53. The van der Waals surface area contributed by atoms with Gasteiger partial charge in [-0.3, -0.25) is 4.79 Å². The number of anilines is 1. The third kappa shape index (κ3) is 3.20. The normalized spacial score (nSPS) is 22.4. The van der Waals surface area contributed by atoms with Crippen LogP contribution in [0.4, 0.5) is 5.69 Å². The average Bonchev–Trinajstić information content (AvgIpc) is 2.78. The van der Waals surface area contributed by atoms with Crippen LogP contribution in [0.5, 0.6) is 0 Å². The lowest BCUT2D eigenvalue weighted by molar-refractivity contribution is -0.142. The summed E-state index contributed by atoms with van der Waals surface area (Å²) < 4.78 is 0. The number of thiocarbonyl (C=S) groups is 1. The highest BCUT2D eigenvalue weighted by Crippen LogP contribution is 2.25. The topological polar surface area (TPSA) is 61.4 Å². The van der Waals surface area contributed by atoms with Crippen molar-refractivity contribution in [2.75, 3.05) is 5.32 Å². The number of nitrogens with one attached hydrogen (secondary N) is 2. The van der Waals surface area contributed by atoms with Crippen LogP contribution < -0.4 is 10.6 Å². The first-order valence-corrected chi connectivity index (χ1v) is 6.43. The van der Waals surface area contributed by atoms with Gasteiger partial charge in [-0.25, -0.2) is 0 Å². The maximum absolute atomic E-state index is 11.0. The van der Waals surface area contributed by atoms with Gasteiger partial charge >= 0.3 is 5.97 Å². The average molecular weight is 264 g/mol. The van der Waals surface area contributed by atoms with Gasteiger partial charge < -0.3 is 15.7 Å². The molecule has 0 radical (unpaired) electrons. The van der Waals surface area contributed by atoms with E-state index in [0.717, 1.165) is 24.9 Å². The molecule has 5 heteroatoms. The van der Waals surface area contributed by atoms with Crippen LogP contribution in [0.15, 0.2) is 30.3 Å². The maximum Gasteiger partial charge on any atom is 0.308 e. The Morgan fingerprint density at radius 1 is 1.28 bits per heavy atom. The molecule has 0 aliphatic heterocycles. The molecule has 1 aromatic rings. The van der Waals surface area contributed by atoms with Crippen molar-refractivity contribution < 1.29 is 9.90 Å². The Labute approximate surface area is 111 Å². The molecule has 1 aromatic carbocycles. The van der Waals surface area contributed by atoms with Crippen LogP contribution in [-0.4, -0.2) is 22.2 Å². The number of benzene rings is 1. The van der Waals surface area contributed by atoms with Gasteiger partial charge in [0.2, 0.25) is 0 Å². The third-order valence-corrected chi connectivity index (χ3v) is 3.40. The first-order chi connectivity index (χ1) is 8.66. The molecule has 1 aliphatic carbocycles. The van der Waals surface area contributed by atoms with Gasteiger partial charge in [0, 0.05) is 11.7 Å². The number of carboxylic acids is 1. The van der Waals surface area contributed by atoms with Crippen LogP contribution >= 0.6 is 12.2 Å². The van der Waals surface area contributed by atoms with Crippen LogP contribution in [0.25, 0.3) is 0 Å². The van der Waals surface area contributed by atoms with E-state index in [-0.39, 0.29) is 12.0 Å². The Balaban J connectivity index is 1.90. The largest absolute Gasteiger partial charge is 0.481 e. The Morgan fingerprint density at radius 3 is 2.67 bits per heavy atom. The molecule has 0 unspecified atom stereocenters. The number of hydrogen-bond donors (Lipinski definition) is 3. The van der Waals surface area contributed by atoms with Crippen molar-refractivity contribution in [1.29, 1.82) is 0 Å². The van der Waals surface area contributed by atoms with Crippen LogP contribution in [0, 0.1) is 5.92 Å². The second kappa shape index (κ2) is 5.82. The maximum atomic E-state index is 11.0. The fraction of sp³-hybridized carbons (Fsp3) is 0.385. The van der Waals surface area contributed by atoms with E-state index in [1.54, 1.807) is 0 Å². The van der Waals surface area contributed by atoms with Crippen molar-refractivity contribution in [3.05, 3.63) is 30.3 Å². The first-order valence-electron chi connectivity index (χ1n) is 6.02. The molecule has 0 saturated heterocycles. The van der Waals surface area contributed by atoms with Crippen LogP contribution in [0.1, 0.15) is 19.3 Å². The highest BCUT2D eigenvalue weighted by atomic mass is 32.1. The zero-order valence-electron chi connectivity index (χ0n) is 9.93. The second-order valence-corrected chi connectivity index (χ2v) is 4.85. The van der Waals surface area contributed by atoms with E-state index >= 15 is 0 Å². The first kappa shape index (κ1) is 12.8. The van der Waals surface area contributed by atoms with Gasteiger partial charge in [-0.05, 0) is 37.2 Å².